The van der Waals surface area contributed by atoms with E-state index in [0.717, 1.165) is 27.5 Å². The van der Waals surface area contributed by atoms with Gasteiger partial charge in [-0.25, -0.2) is 0 Å². The number of nitrogens with zero attached hydrogens (tertiary/aromatic N) is 7. The minimum Gasteiger partial charge on any atom is -0.480 e. The molecular formula is C40H53BEuN7O9+4. The Morgan fingerprint density at radius 2 is 1.10 bits per heavy atom. The van der Waals surface area contributed by atoms with Gasteiger partial charge in [0.15, 0.2) is 6.54 Å². The Kier molecular flexibility index (Phi) is 18.4. The molecule has 0 aliphatic carbocycles. The first-order chi connectivity index (χ1) is 27.3. The van der Waals surface area contributed by atoms with Gasteiger partial charge in [-0.15, -0.1) is 0 Å². The maximum Gasteiger partial charge on any atom is 3.00 e. The van der Waals surface area contributed by atoms with E-state index in [9.17, 15) is 44.5 Å². The topological polar surface area (TPSA) is 193 Å². The van der Waals surface area contributed by atoms with Crippen molar-refractivity contribution in [3.8, 4) is 0 Å². The summed E-state index contributed by atoms with van der Waals surface area (Å²) in [7, 11) is 2.00. The zero-order valence-corrected chi connectivity index (χ0v) is 35.4. The van der Waals surface area contributed by atoms with Gasteiger partial charge in [0.25, 0.3) is 0 Å². The smallest absolute Gasteiger partial charge is 0.480 e. The number of hydrogen-bond donors (Lipinski definition) is 5. The number of fused-ring (bicyclic) bond motifs is 3. The number of para-hydroxylation sites is 1. The van der Waals surface area contributed by atoms with E-state index in [-0.39, 0.29) is 101 Å². The summed E-state index contributed by atoms with van der Waals surface area (Å²) in [6.07, 6.45) is 0. The van der Waals surface area contributed by atoms with Crippen LogP contribution in [0.25, 0.3) is 21.7 Å². The number of aromatic nitrogens is 1. The minimum absolute atomic E-state index is 0. The first kappa shape index (κ1) is 47.1. The van der Waals surface area contributed by atoms with Gasteiger partial charge >= 0.3 is 74.4 Å². The molecule has 5 N–H and O–H groups in total. The molecule has 0 saturated carbocycles. The van der Waals surface area contributed by atoms with Crippen molar-refractivity contribution < 1.29 is 98.5 Å². The Morgan fingerprint density at radius 3 is 1.59 bits per heavy atom. The molecule has 16 nitrogen and oxygen atoms in total. The van der Waals surface area contributed by atoms with Crippen LogP contribution in [-0.2, 0) is 32.3 Å². The summed E-state index contributed by atoms with van der Waals surface area (Å²) in [6, 6.07) is 23.5. The molecule has 58 heavy (non-hydrogen) atoms. The van der Waals surface area contributed by atoms with Crippen LogP contribution in [-0.4, -0.2) is 180 Å². The number of hydrogen-bond acceptors (Lipinski definition) is 11. The predicted octanol–water partition coefficient (Wildman–Crippen LogP) is -0.469. The fourth-order valence-electron chi connectivity index (χ4n) is 7.39. The normalized spacial score (nSPS) is 15.2. The number of anilines is 1. The number of benzene rings is 3. The molecule has 4 aromatic rings. The average Bonchev–Trinajstić information content (AvgIpc) is 3.17. The monoisotopic (exact) mass is 939 g/mol. The minimum atomic E-state index is -1.71. The second-order valence-corrected chi connectivity index (χ2v) is 14.6. The maximum absolute atomic E-state index is 13.8. The molecule has 2 heterocycles. The van der Waals surface area contributed by atoms with Crippen molar-refractivity contribution >= 4 is 63.9 Å². The molecule has 3 aromatic carbocycles. The molecular weight excluding hydrogens is 885 g/mol. The van der Waals surface area contributed by atoms with E-state index in [0.29, 0.717) is 63.3 Å². The Balaban J connectivity index is 0.00000744. The third-order valence-electron chi connectivity index (χ3n) is 10.4. The fraction of sp³-hybridized carbons (Fsp3) is 0.425. The predicted molar refractivity (Wildman–Crippen MR) is 216 cm³/mol. The molecule has 1 fully saturated rings. The molecule has 0 spiro atoms. The van der Waals surface area contributed by atoms with Crippen LogP contribution < -0.4 is 15.1 Å². The average molecular weight is 939 g/mol. The van der Waals surface area contributed by atoms with Crippen LogP contribution in [0.5, 0.6) is 0 Å². The molecule has 0 bridgehead atoms. The summed E-state index contributed by atoms with van der Waals surface area (Å²) in [6.45, 7) is 3.11. The van der Waals surface area contributed by atoms with Crippen molar-refractivity contribution in [2.75, 3.05) is 104 Å². The molecule has 5 rings (SSSR count). The standard InChI is InChI=1S/C40H52BN7O9.Eu/c1-42(31-8-4-3-5-9-31)14-23-48-35-13-12-30(24-34(35)32-10-6-7-11-33(32)40(48)41(56)57)25-43(2)36(49)26-44-15-17-45(27-37(50)51)19-21-47(29-39(54)55)22-20-46(18-16-44)28-38(52)53;/h3-13,24,56-57H,14-23,25-29H2,1-2H3,(H2-,50,51,52,53,54,55);/q;+3/p+1. The van der Waals surface area contributed by atoms with Gasteiger partial charge < -0.3 is 35.2 Å². The first-order valence-corrected chi connectivity index (χ1v) is 19.1. The number of carbonyl (C=O) groups is 4. The van der Waals surface area contributed by atoms with Gasteiger partial charge in [-0.05, 0) is 29.8 Å². The van der Waals surface area contributed by atoms with Crippen molar-refractivity contribution in [3.63, 3.8) is 0 Å². The molecule has 1 aliphatic heterocycles. The molecule has 1 aliphatic rings. The van der Waals surface area contributed by atoms with Crippen molar-refractivity contribution in [3.05, 3.63) is 78.4 Å². The van der Waals surface area contributed by atoms with Gasteiger partial charge in [-0.2, -0.15) is 4.57 Å². The molecule has 308 valence electrons. The van der Waals surface area contributed by atoms with Gasteiger partial charge in [0.05, 0.1) is 38.1 Å². The quantitative estimate of drug-likeness (QED) is 0.0584. The molecule has 1 saturated heterocycles. The molecule has 0 radical (unpaired) electrons. The number of rotatable bonds is 15. The second kappa shape index (κ2) is 22.7. The number of likely N-dealkylation sites (N-methyl/N-ethyl adjacent to an activating group) is 2. The Morgan fingerprint density at radius 1 is 0.638 bits per heavy atom. The van der Waals surface area contributed by atoms with Crippen molar-refractivity contribution in [1.29, 1.82) is 0 Å². The van der Waals surface area contributed by atoms with Gasteiger partial charge in [-0.3, -0.25) is 38.8 Å². The molecule has 0 unspecified atom stereocenters. The van der Waals surface area contributed by atoms with Crippen molar-refractivity contribution in [2.45, 2.75) is 13.1 Å². The van der Waals surface area contributed by atoms with Gasteiger partial charge in [0, 0.05) is 95.5 Å². The molecule has 1 aromatic heterocycles. The van der Waals surface area contributed by atoms with Crippen LogP contribution in [0.15, 0.2) is 72.8 Å². The van der Waals surface area contributed by atoms with E-state index in [4.69, 9.17) is 0 Å². The zero-order chi connectivity index (χ0) is 41.1. The van der Waals surface area contributed by atoms with Crippen LogP contribution >= 0.6 is 0 Å². The van der Waals surface area contributed by atoms with Crippen LogP contribution in [0.4, 0.5) is 5.69 Å². The largest absolute Gasteiger partial charge is 3.00 e. The van der Waals surface area contributed by atoms with E-state index < -0.39 is 25.0 Å². The number of carboxylic acid groups (broad SMARTS) is 3. The second-order valence-electron chi connectivity index (χ2n) is 14.6. The van der Waals surface area contributed by atoms with Crippen molar-refractivity contribution in [1.82, 2.24) is 24.5 Å². The van der Waals surface area contributed by atoms with Crippen LogP contribution in [0.3, 0.4) is 0 Å². The van der Waals surface area contributed by atoms with E-state index in [1.165, 1.54) is 0 Å². The first-order valence-electron chi connectivity index (χ1n) is 19.1. The van der Waals surface area contributed by atoms with E-state index >= 15 is 0 Å². The number of amides is 1. The summed E-state index contributed by atoms with van der Waals surface area (Å²) in [5, 5.41) is 52.3. The molecule has 18 heteroatoms. The zero-order valence-electron chi connectivity index (χ0n) is 33.0. The number of pyridine rings is 1. The summed E-state index contributed by atoms with van der Waals surface area (Å²) in [5.41, 5.74) is 3.12. The van der Waals surface area contributed by atoms with Gasteiger partial charge in [0.2, 0.25) is 17.0 Å². The SMILES string of the molecule is CN(Cc1ccc2c(c1)c1ccccc1c(B(O)O)[n+]2CCN(C)c1ccccc1)C(=O)CN1CCN(CC(=O)O)CCN(CC(=O)O)CCN(CC(=O)O)CC1.[Eu+3]. The Hall–Kier alpha value is -3.58. The number of carbonyl (C=O) groups excluding carboxylic acids is 1. The third kappa shape index (κ3) is 13.5. The summed E-state index contributed by atoms with van der Waals surface area (Å²) >= 11 is 0. The number of carboxylic acids is 3. The van der Waals surface area contributed by atoms with Crippen molar-refractivity contribution in [2.24, 2.45) is 0 Å². The third-order valence-corrected chi connectivity index (χ3v) is 10.4. The van der Waals surface area contributed by atoms with Crippen LogP contribution in [0, 0.1) is 49.4 Å². The summed E-state index contributed by atoms with van der Waals surface area (Å²) < 4.78 is 1.95. The summed E-state index contributed by atoms with van der Waals surface area (Å²) in [5.74, 6) is -3.23. The van der Waals surface area contributed by atoms with E-state index in [1.807, 2.05) is 89.3 Å². The Labute approximate surface area is 379 Å². The fourth-order valence-corrected chi connectivity index (χ4v) is 7.39. The molecule has 1 amide bonds. The molecule has 0 atom stereocenters. The van der Waals surface area contributed by atoms with E-state index in [1.54, 1.807) is 26.6 Å². The van der Waals surface area contributed by atoms with Gasteiger partial charge in [0.1, 0.15) is 0 Å². The summed E-state index contributed by atoms with van der Waals surface area (Å²) in [4.78, 5) is 59.5. The number of aliphatic carboxylic acids is 3. The van der Waals surface area contributed by atoms with E-state index in [2.05, 4.69) is 4.90 Å². The maximum atomic E-state index is 13.8. The van der Waals surface area contributed by atoms with Gasteiger partial charge in [-0.1, -0.05) is 42.5 Å². The van der Waals surface area contributed by atoms with Crippen LogP contribution in [0.2, 0.25) is 0 Å². The Bertz CT molecular complexity index is 2000. The van der Waals surface area contributed by atoms with Crippen LogP contribution in [0.1, 0.15) is 5.56 Å².